The summed E-state index contributed by atoms with van der Waals surface area (Å²) in [6.45, 7) is 1.31. The molecule has 3 heterocycles. The monoisotopic (exact) mass is 407 g/mol. The van der Waals surface area contributed by atoms with Gasteiger partial charge >= 0.3 is 0 Å². The molecule has 0 unspecified atom stereocenters. The van der Waals surface area contributed by atoms with Crippen LogP contribution in [0.5, 0.6) is 11.5 Å². The maximum absolute atomic E-state index is 13.0. The Hall–Kier alpha value is -3.06. The Labute approximate surface area is 174 Å². The summed E-state index contributed by atoms with van der Waals surface area (Å²) in [5.41, 5.74) is 1.36. The van der Waals surface area contributed by atoms with Gasteiger partial charge in [0.15, 0.2) is 17.2 Å². The Kier molecular flexibility index (Phi) is 4.83. The summed E-state index contributed by atoms with van der Waals surface area (Å²) in [6.07, 6.45) is 2.29. The summed E-state index contributed by atoms with van der Waals surface area (Å²) in [5.74, 6) is 1.82. The summed E-state index contributed by atoms with van der Waals surface area (Å²) < 4.78 is 13.2. The van der Waals surface area contributed by atoms with Gasteiger partial charge in [-0.15, -0.1) is 0 Å². The van der Waals surface area contributed by atoms with Crippen molar-refractivity contribution >= 4 is 11.4 Å². The third-order valence-corrected chi connectivity index (χ3v) is 6.31. The van der Waals surface area contributed by atoms with E-state index in [1.165, 1.54) is 0 Å². The normalized spacial score (nSPS) is 25.9. The highest BCUT2D eigenvalue weighted by Crippen LogP contribution is 2.39. The van der Waals surface area contributed by atoms with Gasteiger partial charge in [-0.25, -0.2) is 4.52 Å². The Bertz CT molecular complexity index is 1030. The number of carbonyl (C=O) groups excluding carboxylic acids is 1. The summed E-state index contributed by atoms with van der Waals surface area (Å²) >= 11 is 0. The molecule has 3 aromatic rings. The molecule has 2 fully saturated rings. The minimum Gasteiger partial charge on any atom is -0.493 e. The first-order valence-electron chi connectivity index (χ1n) is 10.3. The molecule has 4 atom stereocenters. The molecule has 2 aromatic heterocycles. The number of likely N-dealkylation sites (tertiary alicyclic amines) is 1. The predicted molar refractivity (Wildman–Crippen MR) is 111 cm³/mol. The molecule has 1 amide bonds. The van der Waals surface area contributed by atoms with Gasteiger partial charge in [0.2, 0.25) is 0 Å². The fraction of sp³-hybridized carbons (Fsp3) is 0.391. The van der Waals surface area contributed by atoms with Gasteiger partial charge in [0.25, 0.3) is 5.91 Å². The molecule has 0 radical (unpaired) electrons. The van der Waals surface area contributed by atoms with Crippen LogP contribution in [0.3, 0.4) is 0 Å². The second-order valence-corrected chi connectivity index (χ2v) is 8.18. The number of methoxy groups -OCH3 is 1. The lowest BCUT2D eigenvalue weighted by Crippen LogP contribution is -2.42. The van der Waals surface area contributed by atoms with Crippen molar-refractivity contribution in [2.45, 2.75) is 25.0 Å². The fourth-order valence-corrected chi connectivity index (χ4v) is 4.77. The zero-order valence-corrected chi connectivity index (χ0v) is 16.8. The number of amides is 1. The molecular formula is C23H25N3O4. The highest BCUT2D eigenvalue weighted by molar-refractivity contribution is 5.93. The number of para-hydroxylation sites is 2. The first-order chi connectivity index (χ1) is 14.6. The van der Waals surface area contributed by atoms with E-state index >= 15 is 0 Å². The number of aliphatic hydroxyl groups excluding tert-OH is 1. The molecule has 30 heavy (non-hydrogen) atoms. The first kappa shape index (κ1) is 18.9. The predicted octanol–water partition coefficient (Wildman–Crippen LogP) is 2.63. The van der Waals surface area contributed by atoms with Gasteiger partial charge in [-0.3, -0.25) is 4.79 Å². The molecule has 0 bridgehead atoms. The second kappa shape index (κ2) is 7.65. The number of pyridine rings is 1. The van der Waals surface area contributed by atoms with E-state index in [0.29, 0.717) is 49.0 Å². The Balaban J connectivity index is 1.29. The number of benzene rings is 1. The highest BCUT2D eigenvalue weighted by Gasteiger charge is 2.44. The lowest BCUT2D eigenvalue weighted by molar-refractivity contribution is -0.0240. The van der Waals surface area contributed by atoms with Crippen LogP contribution in [0.15, 0.2) is 54.7 Å². The lowest BCUT2D eigenvalue weighted by Gasteiger charge is -2.35. The summed E-state index contributed by atoms with van der Waals surface area (Å²) in [4.78, 5) is 14.9. The van der Waals surface area contributed by atoms with Crippen LogP contribution >= 0.6 is 0 Å². The number of carbonyl (C=O) groups is 1. The van der Waals surface area contributed by atoms with E-state index in [2.05, 4.69) is 5.10 Å². The van der Waals surface area contributed by atoms with Crippen LogP contribution in [0.2, 0.25) is 0 Å². The third-order valence-electron chi connectivity index (χ3n) is 6.31. The van der Waals surface area contributed by atoms with Crippen molar-refractivity contribution in [3.05, 3.63) is 60.4 Å². The summed E-state index contributed by atoms with van der Waals surface area (Å²) in [6, 6.07) is 15.1. The largest absolute Gasteiger partial charge is 0.493 e. The number of aromatic nitrogens is 2. The number of nitrogens with zero attached hydrogens (tertiary/aromatic N) is 3. The van der Waals surface area contributed by atoms with Crippen molar-refractivity contribution in [3.8, 4) is 11.5 Å². The Morgan fingerprint density at radius 1 is 1.07 bits per heavy atom. The molecule has 1 saturated carbocycles. The van der Waals surface area contributed by atoms with Crippen LogP contribution in [-0.2, 0) is 0 Å². The molecular weight excluding hydrogens is 382 g/mol. The topological polar surface area (TPSA) is 76.3 Å². The molecule has 1 aliphatic heterocycles. The van der Waals surface area contributed by atoms with Crippen LogP contribution in [0.25, 0.3) is 5.52 Å². The minimum atomic E-state index is -0.568. The van der Waals surface area contributed by atoms with Gasteiger partial charge in [-0.1, -0.05) is 18.2 Å². The van der Waals surface area contributed by atoms with Gasteiger partial charge in [0, 0.05) is 19.3 Å². The lowest BCUT2D eigenvalue weighted by atomic mass is 9.78. The fourth-order valence-electron chi connectivity index (χ4n) is 4.77. The Morgan fingerprint density at radius 2 is 1.80 bits per heavy atom. The molecule has 1 N–H and O–H groups in total. The van der Waals surface area contributed by atoms with Gasteiger partial charge in [-0.05, 0) is 55.0 Å². The Morgan fingerprint density at radius 3 is 2.57 bits per heavy atom. The van der Waals surface area contributed by atoms with Gasteiger partial charge in [0.05, 0.1) is 18.7 Å². The molecule has 7 nitrogen and oxygen atoms in total. The standard InChI is InChI=1S/C23H25N3O4/c1-29-20-7-2-3-8-21(20)30-22-11-16-14-25(13-15(16)10-19(22)27)23(28)18-12-17-6-4-5-9-26(17)24-18/h2-9,12,15-16,19,22,27H,10-11,13-14H2,1H3/t15-,16+,19+,22+/m0/s1. The average molecular weight is 407 g/mol. The molecule has 5 rings (SSSR count). The molecule has 1 aliphatic carbocycles. The van der Waals surface area contributed by atoms with Gasteiger partial charge < -0.3 is 19.5 Å². The highest BCUT2D eigenvalue weighted by atomic mass is 16.5. The molecule has 2 aliphatic rings. The van der Waals surface area contributed by atoms with Gasteiger partial charge in [-0.2, -0.15) is 5.10 Å². The van der Waals surface area contributed by atoms with E-state index < -0.39 is 6.10 Å². The molecule has 156 valence electrons. The maximum atomic E-state index is 13.0. The average Bonchev–Trinajstić information content (AvgIpc) is 3.37. The van der Waals surface area contributed by atoms with Crippen molar-refractivity contribution in [2.24, 2.45) is 11.8 Å². The van der Waals surface area contributed by atoms with Crippen LogP contribution < -0.4 is 9.47 Å². The summed E-state index contributed by atoms with van der Waals surface area (Å²) in [7, 11) is 1.61. The zero-order valence-electron chi connectivity index (χ0n) is 16.8. The minimum absolute atomic E-state index is 0.0511. The number of fused-ring (bicyclic) bond motifs is 2. The van der Waals surface area contributed by atoms with Crippen molar-refractivity contribution in [1.29, 1.82) is 0 Å². The molecule has 1 aromatic carbocycles. The van der Waals surface area contributed by atoms with Crippen molar-refractivity contribution in [3.63, 3.8) is 0 Å². The van der Waals surface area contributed by atoms with Crippen molar-refractivity contribution in [1.82, 2.24) is 14.5 Å². The van der Waals surface area contributed by atoms with E-state index in [0.717, 1.165) is 5.52 Å². The molecule has 7 heteroatoms. The number of hydrogen-bond donors (Lipinski definition) is 1. The molecule has 0 spiro atoms. The van der Waals surface area contributed by atoms with Crippen LogP contribution in [0, 0.1) is 11.8 Å². The van der Waals surface area contributed by atoms with Crippen LogP contribution in [-0.4, -0.2) is 57.9 Å². The van der Waals surface area contributed by atoms with E-state index in [1.807, 2.05) is 59.6 Å². The zero-order chi connectivity index (χ0) is 20.7. The molecule has 1 saturated heterocycles. The first-order valence-corrected chi connectivity index (χ1v) is 10.3. The SMILES string of the molecule is COc1ccccc1O[C@@H]1C[C@@H]2CN(C(=O)c3cc4ccccn4n3)C[C@@H]2C[C@H]1O. The van der Waals surface area contributed by atoms with Gasteiger partial charge in [0.1, 0.15) is 6.10 Å². The number of rotatable bonds is 4. The number of ether oxygens (including phenoxy) is 2. The van der Waals surface area contributed by atoms with Crippen LogP contribution in [0.4, 0.5) is 0 Å². The maximum Gasteiger partial charge on any atom is 0.274 e. The third kappa shape index (κ3) is 3.39. The van der Waals surface area contributed by atoms with E-state index in [9.17, 15) is 9.90 Å². The number of hydrogen-bond acceptors (Lipinski definition) is 5. The van der Waals surface area contributed by atoms with Crippen molar-refractivity contribution < 1.29 is 19.4 Å². The number of aliphatic hydroxyl groups is 1. The van der Waals surface area contributed by atoms with E-state index in [1.54, 1.807) is 11.6 Å². The quantitative estimate of drug-likeness (QED) is 0.720. The van der Waals surface area contributed by atoms with Crippen molar-refractivity contribution in [2.75, 3.05) is 20.2 Å². The second-order valence-electron chi connectivity index (χ2n) is 8.18. The van der Waals surface area contributed by atoms with E-state index in [4.69, 9.17) is 9.47 Å². The van der Waals surface area contributed by atoms with E-state index in [-0.39, 0.29) is 17.9 Å². The smallest absolute Gasteiger partial charge is 0.274 e. The summed E-state index contributed by atoms with van der Waals surface area (Å²) in [5, 5.41) is 15.1. The van der Waals surface area contributed by atoms with Crippen LogP contribution in [0.1, 0.15) is 23.3 Å².